The highest BCUT2D eigenvalue weighted by atomic mass is 16.6. The van der Waals surface area contributed by atoms with Crippen LogP contribution in [-0.4, -0.2) is 29.4 Å². The van der Waals surface area contributed by atoms with Crippen molar-refractivity contribution >= 4 is 17.7 Å². The van der Waals surface area contributed by atoms with Gasteiger partial charge in [0.25, 0.3) is 0 Å². The van der Waals surface area contributed by atoms with Crippen molar-refractivity contribution in [3.05, 3.63) is 12.2 Å². The fourth-order valence-electron chi connectivity index (χ4n) is 9.78. The predicted octanol–water partition coefficient (Wildman–Crippen LogP) is 4.48. The van der Waals surface area contributed by atoms with E-state index in [1.165, 1.54) is 19.3 Å². The third-order valence-corrected chi connectivity index (χ3v) is 11.1. The van der Waals surface area contributed by atoms with Gasteiger partial charge in [-0.25, -0.2) is 0 Å². The number of ketones is 1. The van der Waals surface area contributed by atoms with Gasteiger partial charge in [0.05, 0.1) is 11.8 Å². The smallest absolute Gasteiger partial charge is 0.310 e. The van der Waals surface area contributed by atoms with Crippen LogP contribution in [0.5, 0.6) is 0 Å². The molecule has 0 aliphatic heterocycles. The molecule has 11 unspecified atom stereocenters. The Morgan fingerprint density at radius 1 is 0.848 bits per heavy atom. The molecule has 7 aliphatic carbocycles. The summed E-state index contributed by atoms with van der Waals surface area (Å²) in [5.74, 6) is 2.98. The van der Waals surface area contributed by atoms with Gasteiger partial charge in [0.1, 0.15) is 17.5 Å². The van der Waals surface area contributed by atoms with Gasteiger partial charge < -0.3 is 9.47 Å². The van der Waals surface area contributed by atoms with Crippen LogP contribution in [0.3, 0.4) is 0 Å². The van der Waals surface area contributed by atoms with Crippen LogP contribution >= 0.6 is 0 Å². The number of Topliss-reactive ketones (excluding diaryl/α,β-unsaturated/α-hetero) is 1. The Balaban J connectivity index is 1.00. The summed E-state index contributed by atoms with van der Waals surface area (Å²) in [6.45, 7) is 2.13. The van der Waals surface area contributed by atoms with Crippen LogP contribution in [0.25, 0.3) is 0 Å². The Labute approximate surface area is 196 Å². The molecule has 0 heterocycles. The Morgan fingerprint density at radius 3 is 2.30 bits per heavy atom. The maximum Gasteiger partial charge on any atom is 0.310 e. The second-order valence-electron chi connectivity index (χ2n) is 12.7. The van der Waals surface area contributed by atoms with Gasteiger partial charge in [-0.3, -0.25) is 14.4 Å². The zero-order chi connectivity index (χ0) is 22.5. The zero-order valence-electron chi connectivity index (χ0n) is 19.6. The van der Waals surface area contributed by atoms with E-state index in [1.54, 1.807) is 0 Å². The Kier molecular flexibility index (Phi) is 4.50. The molecule has 0 amide bonds. The molecule has 5 nitrogen and oxygen atoms in total. The number of fused-ring (bicyclic) bond motifs is 11. The minimum Gasteiger partial charge on any atom is -0.462 e. The second kappa shape index (κ2) is 7.18. The summed E-state index contributed by atoms with van der Waals surface area (Å²) in [5, 5.41) is 0. The first-order valence-corrected chi connectivity index (χ1v) is 13.6. The van der Waals surface area contributed by atoms with E-state index < -0.39 is 0 Å². The molecule has 0 saturated heterocycles. The number of carbonyl (C=O) groups excluding carboxylic acids is 3. The molecule has 7 rings (SSSR count). The molecule has 0 radical (unpaired) electrons. The molecule has 7 aliphatic rings. The Morgan fingerprint density at radius 2 is 1.58 bits per heavy atom. The average Bonchev–Trinajstić information content (AvgIpc) is 3.62. The van der Waals surface area contributed by atoms with Crippen LogP contribution < -0.4 is 0 Å². The molecule has 6 saturated carbocycles. The summed E-state index contributed by atoms with van der Waals surface area (Å²) in [7, 11) is 0. The highest BCUT2D eigenvalue weighted by molar-refractivity contribution is 5.96. The number of carbonyl (C=O) groups is 3. The first-order valence-electron chi connectivity index (χ1n) is 13.6. The van der Waals surface area contributed by atoms with Crippen LogP contribution in [0, 0.1) is 59.2 Å². The van der Waals surface area contributed by atoms with Crippen LogP contribution in [-0.2, 0) is 23.9 Å². The van der Waals surface area contributed by atoms with E-state index in [0.29, 0.717) is 41.9 Å². The summed E-state index contributed by atoms with van der Waals surface area (Å²) in [4.78, 5) is 38.4. The normalized spacial score (nSPS) is 50.1. The average molecular weight is 453 g/mol. The molecule has 6 fully saturated rings. The van der Waals surface area contributed by atoms with E-state index in [0.717, 1.165) is 38.5 Å². The minimum atomic E-state index is -0.261. The lowest BCUT2D eigenvalue weighted by atomic mass is 9.66. The number of hydrogen-bond donors (Lipinski definition) is 0. The van der Waals surface area contributed by atoms with Gasteiger partial charge >= 0.3 is 11.9 Å². The van der Waals surface area contributed by atoms with E-state index >= 15 is 0 Å². The molecular formula is C28H36O5. The van der Waals surface area contributed by atoms with Crippen molar-refractivity contribution in [3.8, 4) is 0 Å². The van der Waals surface area contributed by atoms with Crippen molar-refractivity contribution in [1.29, 1.82) is 0 Å². The lowest BCUT2D eigenvalue weighted by molar-refractivity contribution is -0.170. The number of ether oxygens (including phenoxy) is 2. The number of allylic oxidation sites excluding steroid dienone is 2. The third-order valence-electron chi connectivity index (χ3n) is 11.1. The summed E-state index contributed by atoms with van der Waals surface area (Å²) < 4.78 is 12.3. The second-order valence-corrected chi connectivity index (χ2v) is 12.7. The third kappa shape index (κ3) is 2.99. The first kappa shape index (κ1) is 20.7. The summed E-state index contributed by atoms with van der Waals surface area (Å²) in [5.41, 5.74) is -0.249. The van der Waals surface area contributed by atoms with Gasteiger partial charge in [-0.05, 0) is 100 Å². The summed E-state index contributed by atoms with van der Waals surface area (Å²) in [6.07, 6.45) is 14.4. The van der Waals surface area contributed by atoms with Crippen molar-refractivity contribution in [1.82, 2.24) is 0 Å². The van der Waals surface area contributed by atoms with Gasteiger partial charge in [-0.15, -0.1) is 0 Å². The monoisotopic (exact) mass is 452 g/mol. The van der Waals surface area contributed by atoms with E-state index in [9.17, 15) is 14.4 Å². The van der Waals surface area contributed by atoms with Gasteiger partial charge in [-0.1, -0.05) is 18.6 Å². The molecule has 0 N–H and O–H groups in total. The number of hydrogen-bond acceptors (Lipinski definition) is 5. The SMILES string of the molecule is CC1(OC(=O)C2CC3CC2C2C4CC(OC(=O)C5CC6C=CC5C6=O)C(C4)C32)CCCCC1. The lowest BCUT2D eigenvalue weighted by Crippen LogP contribution is -2.43. The topological polar surface area (TPSA) is 69.7 Å². The van der Waals surface area contributed by atoms with E-state index in [-0.39, 0.29) is 53.1 Å². The van der Waals surface area contributed by atoms with Gasteiger partial charge in [0, 0.05) is 11.8 Å². The van der Waals surface area contributed by atoms with Gasteiger partial charge in [0.2, 0.25) is 0 Å². The van der Waals surface area contributed by atoms with Crippen LogP contribution in [0.1, 0.15) is 71.1 Å². The van der Waals surface area contributed by atoms with E-state index in [2.05, 4.69) is 6.92 Å². The van der Waals surface area contributed by atoms with Crippen molar-refractivity contribution in [2.24, 2.45) is 59.2 Å². The molecule has 6 bridgehead atoms. The fraction of sp³-hybridized carbons (Fsp3) is 0.821. The van der Waals surface area contributed by atoms with E-state index in [1.807, 2.05) is 12.2 Å². The zero-order valence-corrected chi connectivity index (χ0v) is 19.6. The standard InChI is InChI=1S/C28H36O5/c1-28(7-3-2-4-8-28)33-27(31)20-11-15-10-18(20)23-16-12-21(24(15)23)22(13-16)32-26(30)19-9-14-5-6-17(19)25(14)29/h5-6,14-24H,2-4,7-13H2,1H3. The van der Waals surface area contributed by atoms with Gasteiger partial charge in [0.15, 0.2) is 0 Å². The maximum absolute atomic E-state index is 13.2. The van der Waals surface area contributed by atoms with Crippen molar-refractivity contribution < 1.29 is 23.9 Å². The first-order chi connectivity index (χ1) is 15.9. The molecule has 0 aromatic carbocycles. The van der Waals surface area contributed by atoms with E-state index in [4.69, 9.17) is 9.47 Å². The quantitative estimate of drug-likeness (QED) is 0.357. The fourth-order valence-corrected chi connectivity index (χ4v) is 9.78. The highest BCUT2D eigenvalue weighted by Crippen LogP contribution is 2.69. The maximum atomic E-state index is 13.2. The molecule has 11 atom stereocenters. The predicted molar refractivity (Wildman–Crippen MR) is 120 cm³/mol. The minimum absolute atomic E-state index is 0.0212. The lowest BCUT2D eigenvalue weighted by Gasteiger charge is -2.42. The Bertz CT molecular complexity index is 915. The molecule has 178 valence electrons. The van der Waals surface area contributed by atoms with Gasteiger partial charge in [-0.2, -0.15) is 0 Å². The molecule has 0 aromatic heterocycles. The van der Waals surface area contributed by atoms with Crippen LogP contribution in [0.2, 0.25) is 0 Å². The molecule has 0 spiro atoms. The molecule has 0 aromatic rings. The summed E-state index contributed by atoms with van der Waals surface area (Å²) in [6, 6.07) is 0. The van der Waals surface area contributed by atoms with Crippen molar-refractivity contribution in [2.45, 2.75) is 82.8 Å². The van der Waals surface area contributed by atoms with Crippen LogP contribution in [0.15, 0.2) is 12.2 Å². The highest BCUT2D eigenvalue weighted by Gasteiger charge is 2.67. The van der Waals surface area contributed by atoms with Crippen molar-refractivity contribution in [2.75, 3.05) is 0 Å². The molecule has 5 heteroatoms. The Hall–Kier alpha value is -1.65. The van der Waals surface area contributed by atoms with Crippen molar-refractivity contribution in [3.63, 3.8) is 0 Å². The number of esters is 2. The largest absolute Gasteiger partial charge is 0.462 e. The summed E-state index contributed by atoms with van der Waals surface area (Å²) >= 11 is 0. The molecular weight excluding hydrogens is 416 g/mol. The number of rotatable bonds is 4. The molecule has 33 heavy (non-hydrogen) atoms. The van der Waals surface area contributed by atoms with Crippen LogP contribution in [0.4, 0.5) is 0 Å².